The summed E-state index contributed by atoms with van der Waals surface area (Å²) in [5.74, 6) is 0.138. The highest BCUT2D eigenvalue weighted by Crippen LogP contribution is 2.35. The summed E-state index contributed by atoms with van der Waals surface area (Å²) in [4.78, 5) is 12.5. The molecule has 0 bridgehead atoms. The van der Waals surface area contributed by atoms with Crippen LogP contribution in [0.4, 0.5) is 0 Å². The second-order valence-corrected chi connectivity index (χ2v) is 5.08. The van der Waals surface area contributed by atoms with Crippen molar-refractivity contribution in [1.29, 1.82) is 0 Å². The van der Waals surface area contributed by atoms with Gasteiger partial charge in [-0.2, -0.15) is 0 Å². The minimum Gasteiger partial charge on any atom is -0.508 e. The van der Waals surface area contributed by atoms with E-state index in [2.05, 4.69) is 0 Å². The molecule has 3 N–H and O–H groups in total. The summed E-state index contributed by atoms with van der Waals surface area (Å²) in [6.45, 7) is 0.129. The van der Waals surface area contributed by atoms with Gasteiger partial charge in [-0.15, -0.1) is 0 Å². The molecule has 0 saturated carbocycles. The van der Waals surface area contributed by atoms with Gasteiger partial charge in [-0.3, -0.25) is 4.79 Å². The van der Waals surface area contributed by atoms with Crippen LogP contribution in [0, 0.1) is 0 Å². The fourth-order valence-electron chi connectivity index (χ4n) is 1.91. The molecule has 2 aromatic carbocycles. The van der Waals surface area contributed by atoms with Crippen molar-refractivity contribution in [2.45, 2.75) is 6.54 Å². The monoisotopic (exact) mass is 325 g/mol. The number of hydrogen-bond acceptors (Lipinski definition) is 4. The zero-order valence-electron chi connectivity index (χ0n) is 11.2. The SMILES string of the molecule is COc1ccc(C(=O)c2ccc(O)c(CN)c2)c(Cl)c1Cl. The molecule has 6 heteroatoms. The molecule has 0 amide bonds. The van der Waals surface area contributed by atoms with E-state index in [0.717, 1.165) is 0 Å². The van der Waals surface area contributed by atoms with Gasteiger partial charge in [0.25, 0.3) is 0 Å². The van der Waals surface area contributed by atoms with Crippen LogP contribution in [0.25, 0.3) is 0 Å². The molecular formula is C15H13Cl2NO3. The number of carbonyl (C=O) groups is 1. The highest BCUT2D eigenvalue weighted by molar-refractivity contribution is 6.45. The average molecular weight is 326 g/mol. The summed E-state index contributed by atoms with van der Waals surface area (Å²) < 4.78 is 5.04. The van der Waals surface area contributed by atoms with Gasteiger partial charge in [0.05, 0.1) is 12.1 Å². The largest absolute Gasteiger partial charge is 0.508 e. The summed E-state index contributed by atoms with van der Waals surface area (Å²) in [5, 5.41) is 9.91. The molecule has 0 atom stereocenters. The molecule has 0 aliphatic carbocycles. The number of phenols is 1. The lowest BCUT2D eigenvalue weighted by molar-refractivity contribution is 0.103. The molecule has 0 heterocycles. The van der Waals surface area contributed by atoms with E-state index in [0.29, 0.717) is 16.9 Å². The summed E-state index contributed by atoms with van der Waals surface area (Å²) in [6.07, 6.45) is 0. The standard InChI is InChI=1S/C15H13Cl2NO3/c1-21-12-5-3-10(13(16)14(12)17)15(20)8-2-4-11(19)9(6-8)7-18/h2-6,19H,7,18H2,1H3. The molecule has 110 valence electrons. The molecule has 2 rings (SSSR count). The van der Waals surface area contributed by atoms with Gasteiger partial charge in [-0.25, -0.2) is 0 Å². The first-order chi connectivity index (χ1) is 9.99. The van der Waals surface area contributed by atoms with Gasteiger partial charge in [0.2, 0.25) is 0 Å². The lowest BCUT2D eigenvalue weighted by Gasteiger charge is -2.10. The van der Waals surface area contributed by atoms with Gasteiger partial charge in [-0.05, 0) is 30.3 Å². The first kappa shape index (κ1) is 15.6. The van der Waals surface area contributed by atoms with Gasteiger partial charge in [0.15, 0.2) is 5.78 Å². The summed E-state index contributed by atoms with van der Waals surface area (Å²) in [7, 11) is 1.46. The zero-order chi connectivity index (χ0) is 15.6. The number of ether oxygens (including phenoxy) is 1. The average Bonchev–Trinajstić information content (AvgIpc) is 2.50. The van der Waals surface area contributed by atoms with Crippen LogP contribution in [-0.4, -0.2) is 18.0 Å². The summed E-state index contributed by atoms with van der Waals surface area (Å²) in [5.41, 5.74) is 6.63. The maximum absolute atomic E-state index is 12.5. The Morgan fingerprint density at radius 3 is 2.57 bits per heavy atom. The molecule has 2 aromatic rings. The van der Waals surface area contributed by atoms with Crippen molar-refractivity contribution in [1.82, 2.24) is 0 Å². The van der Waals surface area contributed by atoms with Crippen LogP contribution < -0.4 is 10.5 Å². The number of phenolic OH excluding ortho intramolecular Hbond substituents is 1. The van der Waals surface area contributed by atoms with Gasteiger partial charge in [0, 0.05) is 23.2 Å². The van der Waals surface area contributed by atoms with Crippen LogP contribution in [-0.2, 0) is 6.54 Å². The Bertz CT molecular complexity index is 702. The van der Waals surface area contributed by atoms with E-state index in [9.17, 15) is 9.90 Å². The topological polar surface area (TPSA) is 72.5 Å². The van der Waals surface area contributed by atoms with Crippen molar-refractivity contribution in [3.05, 3.63) is 57.1 Å². The Labute approximate surface area is 132 Å². The summed E-state index contributed by atoms with van der Waals surface area (Å²) in [6, 6.07) is 7.59. The smallest absolute Gasteiger partial charge is 0.194 e. The normalized spacial score (nSPS) is 10.5. The van der Waals surface area contributed by atoms with E-state index in [1.807, 2.05) is 0 Å². The molecule has 21 heavy (non-hydrogen) atoms. The van der Waals surface area contributed by atoms with E-state index in [-0.39, 0.29) is 33.7 Å². The number of ketones is 1. The molecule has 0 saturated heterocycles. The number of hydrogen-bond donors (Lipinski definition) is 2. The number of rotatable bonds is 4. The van der Waals surface area contributed by atoms with Crippen LogP contribution in [0.3, 0.4) is 0 Å². The van der Waals surface area contributed by atoms with Gasteiger partial charge < -0.3 is 15.6 Å². The van der Waals surface area contributed by atoms with Gasteiger partial charge in [0.1, 0.15) is 16.5 Å². The number of aromatic hydroxyl groups is 1. The van der Waals surface area contributed by atoms with Crippen molar-refractivity contribution in [2.24, 2.45) is 5.73 Å². The van der Waals surface area contributed by atoms with Crippen molar-refractivity contribution in [2.75, 3.05) is 7.11 Å². The van der Waals surface area contributed by atoms with Crippen LogP contribution >= 0.6 is 23.2 Å². The first-order valence-electron chi connectivity index (χ1n) is 6.08. The predicted octanol–water partition coefficient (Wildman–Crippen LogP) is 3.40. The molecule has 0 fully saturated rings. The third-order valence-electron chi connectivity index (χ3n) is 3.07. The number of halogens is 2. The lowest BCUT2D eigenvalue weighted by Crippen LogP contribution is -2.05. The van der Waals surface area contributed by atoms with Crippen molar-refractivity contribution >= 4 is 29.0 Å². The molecule has 0 aliphatic rings. The Morgan fingerprint density at radius 2 is 1.95 bits per heavy atom. The number of benzene rings is 2. The van der Waals surface area contributed by atoms with E-state index < -0.39 is 0 Å². The molecule has 0 aliphatic heterocycles. The van der Waals surface area contributed by atoms with E-state index in [4.69, 9.17) is 33.7 Å². The first-order valence-corrected chi connectivity index (χ1v) is 6.83. The Kier molecular flexibility index (Phi) is 4.73. The summed E-state index contributed by atoms with van der Waals surface area (Å²) >= 11 is 12.2. The highest BCUT2D eigenvalue weighted by atomic mass is 35.5. The molecular weight excluding hydrogens is 313 g/mol. The van der Waals surface area contributed by atoms with Crippen molar-refractivity contribution in [3.8, 4) is 11.5 Å². The third kappa shape index (κ3) is 2.97. The predicted molar refractivity (Wildman–Crippen MR) is 82.4 cm³/mol. The fourth-order valence-corrected chi connectivity index (χ4v) is 2.39. The van der Waals surface area contributed by atoms with Crippen molar-refractivity contribution < 1.29 is 14.6 Å². The lowest BCUT2D eigenvalue weighted by atomic mass is 10.0. The Balaban J connectivity index is 2.48. The zero-order valence-corrected chi connectivity index (χ0v) is 12.7. The highest BCUT2D eigenvalue weighted by Gasteiger charge is 2.18. The van der Waals surface area contributed by atoms with Crippen LogP contribution in [0.2, 0.25) is 10.0 Å². The Hall–Kier alpha value is -1.75. The van der Waals surface area contributed by atoms with Crippen LogP contribution in [0.1, 0.15) is 21.5 Å². The van der Waals surface area contributed by atoms with Crippen LogP contribution in [0.5, 0.6) is 11.5 Å². The molecule has 0 unspecified atom stereocenters. The minimum absolute atomic E-state index is 0.0490. The maximum Gasteiger partial charge on any atom is 0.194 e. The number of methoxy groups -OCH3 is 1. The second kappa shape index (κ2) is 6.35. The van der Waals surface area contributed by atoms with Crippen molar-refractivity contribution in [3.63, 3.8) is 0 Å². The Morgan fingerprint density at radius 1 is 1.24 bits per heavy atom. The third-order valence-corrected chi connectivity index (χ3v) is 3.94. The van der Waals surface area contributed by atoms with Crippen LogP contribution in [0.15, 0.2) is 30.3 Å². The van der Waals surface area contributed by atoms with E-state index >= 15 is 0 Å². The van der Waals surface area contributed by atoms with E-state index in [1.165, 1.54) is 25.3 Å². The maximum atomic E-state index is 12.5. The second-order valence-electron chi connectivity index (χ2n) is 4.32. The molecule has 0 aromatic heterocycles. The van der Waals surface area contributed by atoms with E-state index in [1.54, 1.807) is 12.1 Å². The number of nitrogens with two attached hydrogens (primary N) is 1. The quantitative estimate of drug-likeness (QED) is 0.845. The molecule has 0 spiro atoms. The van der Waals surface area contributed by atoms with Gasteiger partial charge >= 0.3 is 0 Å². The minimum atomic E-state index is -0.306. The number of carbonyl (C=O) groups excluding carboxylic acids is 1. The fraction of sp³-hybridized carbons (Fsp3) is 0.133. The molecule has 0 radical (unpaired) electrons. The molecule has 4 nitrogen and oxygen atoms in total. The van der Waals surface area contributed by atoms with Gasteiger partial charge in [-0.1, -0.05) is 23.2 Å².